The van der Waals surface area contributed by atoms with Crippen LogP contribution in [0.25, 0.3) is 11.4 Å². The van der Waals surface area contributed by atoms with E-state index in [1.54, 1.807) is 36.1 Å². The van der Waals surface area contributed by atoms with Gasteiger partial charge in [-0.25, -0.2) is 9.97 Å². The Hall–Kier alpha value is -1.95. The van der Waals surface area contributed by atoms with Crippen molar-refractivity contribution >= 4 is 17.5 Å². The van der Waals surface area contributed by atoms with Crippen LogP contribution in [0, 0.1) is 5.92 Å². The van der Waals surface area contributed by atoms with Gasteiger partial charge in [-0.1, -0.05) is 6.92 Å². The van der Waals surface area contributed by atoms with Gasteiger partial charge in [-0.05, 0) is 23.7 Å². The Labute approximate surface area is 109 Å². The first kappa shape index (κ1) is 12.5. The Morgan fingerprint density at radius 2 is 2.28 bits per heavy atom. The van der Waals surface area contributed by atoms with Crippen molar-refractivity contribution < 1.29 is 4.79 Å². The highest BCUT2D eigenvalue weighted by molar-refractivity contribution is 6.28. The van der Waals surface area contributed by atoms with Crippen molar-refractivity contribution in [2.45, 2.75) is 13.5 Å². The molecule has 0 aliphatic rings. The molecule has 6 nitrogen and oxygen atoms in total. The maximum absolute atomic E-state index is 11.0. The molecule has 0 aliphatic carbocycles. The first-order valence-corrected chi connectivity index (χ1v) is 5.76. The molecule has 0 spiro atoms. The quantitative estimate of drug-likeness (QED) is 0.839. The lowest BCUT2D eigenvalue weighted by Crippen LogP contribution is -2.24. The smallest absolute Gasteiger partial charge is 0.222 e. The molecular formula is C11H12ClN5O. The number of carbonyl (C=O) groups excluding carboxylic acids is 1. The monoisotopic (exact) mass is 265 g/mol. The van der Waals surface area contributed by atoms with Crippen molar-refractivity contribution in [1.29, 1.82) is 0 Å². The number of carbonyl (C=O) groups is 1. The molecule has 2 aromatic rings. The highest BCUT2D eigenvalue weighted by Gasteiger charge is 2.11. The third-order valence-corrected chi connectivity index (χ3v) is 2.66. The van der Waals surface area contributed by atoms with E-state index in [1.165, 1.54) is 0 Å². The molecule has 7 heteroatoms. The second kappa shape index (κ2) is 5.14. The van der Waals surface area contributed by atoms with Gasteiger partial charge in [-0.15, -0.1) is 0 Å². The van der Waals surface area contributed by atoms with Gasteiger partial charge in [0.25, 0.3) is 0 Å². The van der Waals surface area contributed by atoms with Crippen LogP contribution in [0.1, 0.15) is 6.92 Å². The zero-order chi connectivity index (χ0) is 13.1. The molecule has 2 N–H and O–H groups in total. The summed E-state index contributed by atoms with van der Waals surface area (Å²) in [5, 5.41) is 4.48. The van der Waals surface area contributed by atoms with Crippen LogP contribution in [0.4, 0.5) is 0 Å². The summed E-state index contributed by atoms with van der Waals surface area (Å²) in [7, 11) is 0. The average molecular weight is 266 g/mol. The standard InChI is InChI=1S/C11H12ClN5O/c1-7(10(13)18)6-17-5-3-9(16-17)8-2-4-14-11(12)15-8/h2-5,7H,6H2,1H3,(H2,13,18). The van der Waals surface area contributed by atoms with Crippen molar-refractivity contribution in [3.63, 3.8) is 0 Å². The fraction of sp³-hybridized carbons (Fsp3) is 0.273. The third kappa shape index (κ3) is 2.84. The van der Waals surface area contributed by atoms with E-state index in [1.807, 2.05) is 0 Å². The van der Waals surface area contributed by atoms with Crippen LogP contribution in [0.5, 0.6) is 0 Å². The fourth-order valence-electron chi connectivity index (χ4n) is 1.45. The van der Waals surface area contributed by atoms with E-state index in [-0.39, 0.29) is 17.1 Å². The van der Waals surface area contributed by atoms with Crippen molar-refractivity contribution in [3.8, 4) is 11.4 Å². The predicted octanol–water partition coefficient (Wildman–Crippen LogP) is 1.11. The number of halogens is 1. The van der Waals surface area contributed by atoms with Crippen LogP contribution in [0.2, 0.25) is 5.28 Å². The van der Waals surface area contributed by atoms with Crippen LogP contribution in [-0.2, 0) is 11.3 Å². The minimum atomic E-state index is -0.350. The van der Waals surface area contributed by atoms with Crippen molar-refractivity contribution in [2.24, 2.45) is 11.7 Å². The van der Waals surface area contributed by atoms with Crippen molar-refractivity contribution in [3.05, 3.63) is 29.8 Å². The summed E-state index contributed by atoms with van der Waals surface area (Å²) in [4.78, 5) is 18.8. The summed E-state index contributed by atoms with van der Waals surface area (Å²) < 4.78 is 1.65. The number of rotatable bonds is 4. The number of amides is 1. The zero-order valence-corrected chi connectivity index (χ0v) is 10.5. The highest BCUT2D eigenvalue weighted by atomic mass is 35.5. The molecule has 0 fully saturated rings. The van der Waals surface area contributed by atoms with Gasteiger partial charge in [-0.3, -0.25) is 9.48 Å². The van der Waals surface area contributed by atoms with Gasteiger partial charge in [0, 0.05) is 12.4 Å². The molecule has 0 saturated carbocycles. The molecule has 1 amide bonds. The van der Waals surface area contributed by atoms with E-state index in [0.717, 1.165) is 0 Å². The number of hydrogen-bond acceptors (Lipinski definition) is 4. The molecule has 2 rings (SSSR count). The van der Waals surface area contributed by atoms with Gasteiger partial charge >= 0.3 is 0 Å². The SMILES string of the molecule is CC(Cn1ccc(-c2ccnc(Cl)n2)n1)C(N)=O. The van der Waals surface area contributed by atoms with E-state index in [9.17, 15) is 4.79 Å². The Balaban J connectivity index is 2.18. The second-order valence-electron chi connectivity index (χ2n) is 3.94. The lowest BCUT2D eigenvalue weighted by atomic mass is 10.2. The molecule has 0 bridgehead atoms. The number of nitrogens with two attached hydrogens (primary N) is 1. The Kier molecular flexibility index (Phi) is 3.57. The molecule has 2 aromatic heterocycles. The highest BCUT2D eigenvalue weighted by Crippen LogP contribution is 2.15. The van der Waals surface area contributed by atoms with Crippen LogP contribution in [-0.4, -0.2) is 25.7 Å². The molecule has 94 valence electrons. The predicted molar refractivity (Wildman–Crippen MR) is 66.6 cm³/mol. The summed E-state index contributed by atoms with van der Waals surface area (Å²) in [5.41, 5.74) is 6.52. The maximum atomic E-state index is 11.0. The fourth-order valence-corrected chi connectivity index (χ4v) is 1.60. The van der Waals surface area contributed by atoms with Gasteiger partial charge < -0.3 is 5.73 Å². The lowest BCUT2D eigenvalue weighted by molar-refractivity contribution is -0.121. The summed E-state index contributed by atoms with van der Waals surface area (Å²) in [5.74, 6) is -0.621. The minimum Gasteiger partial charge on any atom is -0.369 e. The molecular weight excluding hydrogens is 254 g/mol. The molecule has 0 saturated heterocycles. The number of nitrogens with zero attached hydrogens (tertiary/aromatic N) is 4. The number of hydrogen-bond donors (Lipinski definition) is 1. The lowest BCUT2D eigenvalue weighted by Gasteiger charge is -2.06. The van der Waals surface area contributed by atoms with Gasteiger partial charge in [0.2, 0.25) is 11.2 Å². The summed E-state index contributed by atoms with van der Waals surface area (Å²) in [6.45, 7) is 2.19. The third-order valence-electron chi connectivity index (χ3n) is 2.48. The Morgan fingerprint density at radius 3 is 2.94 bits per heavy atom. The van der Waals surface area contributed by atoms with Crippen LogP contribution in [0.15, 0.2) is 24.5 Å². The first-order chi connectivity index (χ1) is 8.56. The molecule has 1 unspecified atom stereocenters. The number of aromatic nitrogens is 4. The molecule has 2 heterocycles. The topological polar surface area (TPSA) is 86.7 Å². The first-order valence-electron chi connectivity index (χ1n) is 5.38. The summed E-state index contributed by atoms with van der Waals surface area (Å²) in [6.07, 6.45) is 3.33. The molecule has 0 aromatic carbocycles. The summed E-state index contributed by atoms with van der Waals surface area (Å²) in [6, 6.07) is 3.52. The Bertz CT molecular complexity index is 568. The number of primary amides is 1. The molecule has 1 atom stereocenters. The van der Waals surface area contributed by atoms with Gasteiger partial charge in [0.15, 0.2) is 0 Å². The average Bonchev–Trinajstić information content (AvgIpc) is 2.77. The van der Waals surface area contributed by atoms with Crippen molar-refractivity contribution in [2.75, 3.05) is 0 Å². The molecule has 0 radical (unpaired) electrons. The maximum Gasteiger partial charge on any atom is 0.222 e. The second-order valence-corrected chi connectivity index (χ2v) is 4.28. The Morgan fingerprint density at radius 1 is 1.50 bits per heavy atom. The largest absolute Gasteiger partial charge is 0.369 e. The van der Waals surface area contributed by atoms with E-state index in [4.69, 9.17) is 17.3 Å². The normalized spacial score (nSPS) is 12.3. The van der Waals surface area contributed by atoms with E-state index in [0.29, 0.717) is 17.9 Å². The minimum absolute atomic E-state index is 0.174. The van der Waals surface area contributed by atoms with Crippen molar-refractivity contribution in [1.82, 2.24) is 19.7 Å². The summed E-state index contributed by atoms with van der Waals surface area (Å²) >= 11 is 5.71. The molecule has 0 aliphatic heterocycles. The van der Waals surface area contributed by atoms with Gasteiger partial charge in [0.05, 0.1) is 18.2 Å². The van der Waals surface area contributed by atoms with E-state index in [2.05, 4.69) is 15.1 Å². The van der Waals surface area contributed by atoms with E-state index >= 15 is 0 Å². The van der Waals surface area contributed by atoms with E-state index < -0.39 is 0 Å². The van der Waals surface area contributed by atoms with Gasteiger partial charge in [0.1, 0.15) is 5.69 Å². The molecule has 18 heavy (non-hydrogen) atoms. The van der Waals surface area contributed by atoms with Crippen LogP contribution >= 0.6 is 11.6 Å². The van der Waals surface area contributed by atoms with Gasteiger partial charge in [-0.2, -0.15) is 5.10 Å². The van der Waals surface area contributed by atoms with Crippen LogP contribution in [0.3, 0.4) is 0 Å². The van der Waals surface area contributed by atoms with Crippen LogP contribution < -0.4 is 5.73 Å². The zero-order valence-electron chi connectivity index (χ0n) is 9.75.